The first-order valence-corrected chi connectivity index (χ1v) is 5.02. The summed E-state index contributed by atoms with van der Waals surface area (Å²) >= 11 is 0. The zero-order chi connectivity index (χ0) is 10.8. The molecule has 1 aromatic carbocycles. The zero-order valence-electron chi connectivity index (χ0n) is 9.12. The Morgan fingerprint density at radius 3 is 2.14 bits per heavy atom. The van der Waals surface area contributed by atoms with E-state index in [0.717, 1.165) is 17.5 Å². The van der Waals surface area contributed by atoms with Crippen molar-refractivity contribution in [3.63, 3.8) is 0 Å². The molecule has 2 heteroatoms. The van der Waals surface area contributed by atoms with Crippen LogP contribution in [0, 0.1) is 0 Å². The largest absolute Gasteiger partial charge is 0.388 e. The van der Waals surface area contributed by atoms with Crippen LogP contribution in [0.15, 0.2) is 24.3 Å². The van der Waals surface area contributed by atoms with Crippen LogP contribution in [0.3, 0.4) is 0 Å². The molecule has 2 nitrogen and oxygen atoms in total. The van der Waals surface area contributed by atoms with Gasteiger partial charge in [0, 0.05) is 5.54 Å². The van der Waals surface area contributed by atoms with E-state index in [1.807, 2.05) is 45.0 Å². The number of hydrogen-bond acceptors (Lipinski definition) is 2. The topological polar surface area (TPSA) is 46.2 Å². The van der Waals surface area contributed by atoms with Crippen molar-refractivity contribution in [2.45, 2.75) is 38.8 Å². The van der Waals surface area contributed by atoms with Crippen molar-refractivity contribution in [2.24, 2.45) is 5.73 Å². The van der Waals surface area contributed by atoms with Crippen molar-refractivity contribution < 1.29 is 5.11 Å². The van der Waals surface area contributed by atoms with Crippen LogP contribution in [-0.4, -0.2) is 5.11 Å². The summed E-state index contributed by atoms with van der Waals surface area (Å²) in [6, 6.07) is 7.85. The van der Waals surface area contributed by atoms with E-state index in [1.165, 1.54) is 0 Å². The van der Waals surface area contributed by atoms with E-state index in [-0.39, 0.29) is 11.6 Å². The Kier molecular flexibility index (Phi) is 3.29. The monoisotopic (exact) mass is 193 g/mol. The van der Waals surface area contributed by atoms with Crippen molar-refractivity contribution in [3.8, 4) is 0 Å². The first-order chi connectivity index (χ1) is 6.45. The van der Waals surface area contributed by atoms with Gasteiger partial charge < -0.3 is 10.8 Å². The third-order valence-corrected chi connectivity index (χ3v) is 2.43. The Morgan fingerprint density at radius 1 is 1.29 bits per heavy atom. The molecule has 3 N–H and O–H groups in total. The Balaban J connectivity index is 2.89. The fourth-order valence-corrected chi connectivity index (χ4v) is 1.37. The summed E-state index contributed by atoms with van der Waals surface area (Å²) in [5.74, 6) is 0. The third-order valence-electron chi connectivity index (χ3n) is 2.43. The number of benzene rings is 1. The van der Waals surface area contributed by atoms with Crippen LogP contribution >= 0.6 is 0 Å². The highest BCUT2D eigenvalue weighted by molar-refractivity contribution is 5.28. The molecule has 0 aromatic heterocycles. The van der Waals surface area contributed by atoms with Crippen LogP contribution < -0.4 is 5.73 Å². The number of aliphatic hydroxyl groups excluding tert-OH is 1. The van der Waals surface area contributed by atoms with Crippen molar-refractivity contribution in [3.05, 3.63) is 35.4 Å². The highest BCUT2D eigenvalue weighted by Crippen LogP contribution is 2.21. The van der Waals surface area contributed by atoms with Crippen molar-refractivity contribution in [1.82, 2.24) is 0 Å². The molecule has 0 heterocycles. The molecule has 1 aromatic rings. The second-order valence-electron chi connectivity index (χ2n) is 4.27. The maximum Gasteiger partial charge on any atom is 0.0787 e. The van der Waals surface area contributed by atoms with Crippen molar-refractivity contribution in [1.29, 1.82) is 0 Å². The molecule has 1 rings (SSSR count). The van der Waals surface area contributed by atoms with E-state index in [4.69, 9.17) is 5.73 Å². The quantitative estimate of drug-likeness (QED) is 0.774. The lowest BCUT2D eigenvalue weighted by atomic mass is 9.94. The number of rotatable bonds is 3. The van der Waals surface area contributed by atoms with E-state index in [9.17, 15) is 5.11 Å². The molecule has 0 saturated carbocycles. The van der Waals surface area contributed by atoms with Gasteiger partial charge in [-0.25, -0.2) is 0 Å². The standard InChI is InChI=1S/C12H19NO/c1-4-11(14)9-5-7-10(8-6-9)12(2,3)13/h5-8,11,14H,4,13H2,1-3H3. The minimum atomic E-state index is -0.357. The SMILES string of the molecule is CCC(O)c1ccc(C(C)(C)N)cc1. The molecule has 0 bridgehead atoms. The van der Waals surface area contributed by atoms with Crippen LogP contribution in [0.4, 0.5) is 0 Å². The third kappa shape index (κ3) is 2.56. The predicted octanol–water partition coefficient (Wildman–Crippen LogP) is 2.32. The second-order valence-corrected chi connectivity index (χ2v) is 4.27. The second kappa shape index (κ2) is 4.11. The van der Waals surface area contributed by atoms with Gasteiger partial charge in [0.15, 0.2) is 0 Å². The molecular weight excluding hydrogens is 174 g/mol. The summed E-state index contributed by atoms with van der Waals surface area (Å²) in [6.45, 7) is 5.90. The summed E-state index contributed by atoms with van der Waals surface area (Å²) in [5, 5.41) is 9.59. The van der Waals surface area contributed by atoms with Gasteiger partial charge in [0.1, 0.15) is 0 Å². The maximum atomic E-state index is 9.59. The fraction of sp³-hybridized carbons (Fsp3) is 0.500. The zero-order valence-corrected chi connectivity index (χ0v) is 9.12. The predicted molar refractivity (Wildman–Crippen MR) is 58.9 cm³/mol. The van der Waals surface area contributed by atoms with E-state index in [0.29, 0.717) is 0 Å². The lowest BCUT2D eigenvalue weighted by molar-refractivity contribution is 0.173. The molecule has 0 radical (unpaired) electrons. The maximum absolute atomic E-state index is 9.59. The molecule has 0 spiro atoms. The molecule has 0 fully saturated rings. The fourth-order valence-electron chi connectivity index (χ4n) is 1.37. The number of nitrogens with two attached hydrogens (primary N) is 1. The summed E-state index contributed by atoms with van der Waals surface area (Å²) in [5.41, 5.74) is 7.69. The molecule has 0 saturated heterocycles. The van der Waals surface area contributed by atoms with E-state index >= 15 is 0 Å². The Morgan fingerprint density at radius 2 is 1.79 bits per heavy atom. The Bertz CT molecular complexity index is 284. The van der Waals surface area contributed by atoms with Crippen LogP contribution in [-0.2, 0) is 5.54 Å². The highest BCUT2D eigenvalue weighted by Gasteiger charge is 2.14. The smallest absolute Gasteiger partial charge is 0.0787 e. The van der Waals surface area contributed by atoms with Crippen LogP contribution in [0.2, 0.25) is 0 Å². The minimum absolute atomic E-state index is 0.310. The summed E-state index contributed by atoms with van der Waals surface area (Å²) < 4.78 is 0. The van der Waals surface area contributed by atoms with Gasteiger partial charge in [-0.3, -0.25) is 0 Å². The molecule has 14 heavy (non-hydrogen) atoms. The molecule has 0 aliphatic carbocycles. The average molecular weight is 193 g/mol. The van der Waals surface area contributed by atoms with Crippen molar-refractivity contribution >= 4 is 0 Å². The van der Waals surface area contributed by atoms with Gasteiger partial charge in [-0.05, 0) is 31.4 Å². The number of aliphatic hydroxyl groups is 1. The van der Waals surface area contributed by atoms with Gasteiger partial charge in [-0.15, -0.1) is 0 Å². The van der Waals surface area contributed by atoms with Crippen molar-refractivity contribution in [2.75, 3.05) is 0 Å². The molecule has 0 amide bonds. The first-order valence-electron chi connectivity index (χ1n) is 5.02. The van der Waals surface area contributed by atoms with Gasteiger partial charge in [0.05, 0.1) is 6.10 Å². The van der Waals surface area contributed by atoms with Gasteiger partial charge >= 0.3 is 0 Å². The van der Waals surface area contributed by atoms with Gasteiger partial charge in [-0.2, -0.15) is 0 Å². The van der Waals surface area contributed by atoms with E-state index in [2.05, 4.69) is 0 Å². The van der Waals surface area contributed by atoms with E-state index in [1.54, 1.807) is 0 Å². The molecule has 1 unspecified atom stereocenters. The van der Waals surface area contributed by atoms with Crippen LogP contribution in [0.5, 0.6) is 0 Å². The lowest BCUT2D eigenvalue weighted by Gasteiger charge is -2.19. The van der Waals surface area contributed by atoms with Crippen LogP contribution in [0.1, 0.15) is 44.4 Å². The normalized spacial score (nSPS) is 14.1. The number of hydrogen-bond donors (Lipinski definition) is 2. The molecule has 1 atom stereocenters. The summed E-state index contributed by atoms with van der Waals surface area (Å²) in [7, 11) is 0. The highest BCUT2D eigenvalue weighted by atomic mass is 16.3. The molecule has 78 valence electrons. The van der Waals surface area contributed by atoms with Crippen LogP contribution in [0.25, 0.3) is 0 Å². The molecular formula is C12H19NO. The average Bonchev–Trinajstić information content (AvgIpc) is 2.15. The minimum Gasteiger partial charge on any atom is -0.388 e. The Labute approximate surface area is 85.8 Å². The van der Waals surface area contributed by atoms with Gasteiger partial charge in [-0.1, -0.05) is 31.2 Å². The van der Waals surface area contributed by atoms with Gasteiger partial charge in [0.25, 0.3) is 0 Å². The van der Waals surface area contributed by atoms with E-state index < -0.39 is 0 Å². The summed E-state index contributed by atoms with van der Waals surface area (Å²) in [6.07, 6.45) is 0.385. The molecule has 0 aliphatic rings. The molecule has 0 aliphatic heterocycles. The van der Waals surface area contributed by atoms with Gasteiger partial charge in [0.2, 0.25) is 0 Å². The lowest BCUT2D eigenvalue weighted by Crippen LogP contribution is -2.28. The summed E-state index contributed by atoms with van der Waals surface area (Å²) in [4.78, 5) is 0. The first kappa shape index (κ1) is 11.2. The Hall–Kier alpha value is -0.860.